The number of halogens is 1. The Bertz CT molecular complexity index is 1230. The molecule has 0 N–H and O–H groups in total. The van der Waals surface area contributed by atoms with Crippen molar-refractivity contribution in [2.75, 3.05) is 0 Å². The summed E-state index contributed by atoms with van der Waals surface area (Å²) >= 11 is 3.12. The minimum atomic E-state index is -0.289. The molecule has 28 heavy (non-hydrogen) atoms. The van der Waals surface area contributed by atoms with Crippen molar-refractivity contribution in [1.29, 1.82) is 0 Å². The molecule has 0 saturated carbocycles. The van der Waals surface area contributed by atoms with E-state index in [1.807, 2.05) is 17.5 Å². The van der Waals surface area contributed by atoms with E-state index in [1.54, 1.807) is 52.4 Å². The maximum atomic E-state index is 13.2. The lowest BCUT2D eigenvalue weighted by molar-refractivity contribution is 0.581. The molecule has 0 aliphatic carbocycles. The lowest BCUT2D eigenvalue weighted by atomic mass is 10.3. The topological polar surface area (TPSA) is 69.6 Å². The summed E-state index contributed by atoms with van der Waals surface area (Å²) in [5, 5.41) is 8.95. The van der Waals surface area contributed by atoms with Crippen molar-refractivity contribution in [3.8, 4) is 16.5 Å². The summed E-state index contributed by atoms with van der Waals surface area (Å²) in [7, 11) is 0. The van der Waals surface area contributed by atoms with Crippen LogP contribution < -0.4 is 0 Å². The minimum Gasteiger partial charge on any atom is -0.462 e. The highest BCUT2D eigenvalue weighted by atomic mass is 32.2. The van der Waals surface area contributed by atoms with Gasteiger partial charge in [0, 0.05) is 11.1 Å². The van der Waals surface area contributed by atoms with Crippen LogP contribution in [0.25, 0.3) is 27.5 Å². The van der Waals surface area contributed by atoms with E-state index in [0.29, 0.717) is 11.4 Å². The number of fused-ring (bicyclic) bond motifs is 1. The Balaban J connectivity index is 1.40. The van der Waals surface area contributed by atoms with Gasteiger partial charge in [-0.25, -0.2) is 24.0 Å². The predicted octanol–water partition coefficient (Wildman–Crippen LogP) is 4.96. The lowest BCUT2D eigenvalue weighted by Crippen LogP contribution is -1.98. The summed E-state index contributed by atoms with van der Waals surface area (Å²) in [5.41, 5.74) is 2.38. The first kappa shape index (κ1) is 17.1. The molecule has 0 fully saturated rings. The lowest BCUT2D eigenvalue weighted by Gasteiger charge is -2.04. The summed E-state index contributed by atoms with van der Waals surface area (Å²) in [6.45, 7) is 0. The fourth-order valence-corrected chi connectivity index (χ4v) is 4.48. The van der Waals surface area contributed by atoms with Crippen molar-refractivity contribution < 1.29 is 8.81 Å². The van der Waals surface area contributed by atoms with Gasteiger partial charge in [0.15, 0.2) is 16.4 Å². The Labute approximate surface area is 167 Å². The van der Waals surface area contributed by atoms with Gasteiger partial charge in [0.1, 0.15) is 17.2 Å². The van der Waals surface area contributed by atoms with Gasteiger partial charge in [0.25, 0.3) is 0 Å². The van der Waals surface area contributed by atoms with Gasteiger partial charge >= 0.3 is 0 Å². The number of hydrogen-bond acceptors (Lipinski definition) is 7. The van der Waals surface area contributed by atoms with Crippen LogP contribution in [0.1, 0.15) is 5.69 Å². The maximum Gasteiger partial charge on any atom is 0.167 e. The maximum absolute atomic E-state index is 13.2. The van der Waals surface area contributed by atoms with Gasteiger partial charge < -0.3 is 4.42 Å². The molecule has 0 unspecified atom stereocenters. The van der Waals surface area contributed by atoms with Gasteiger partial charge in [0.2, 0.25) is 0 Å². The van der Waals surface area contributed by atoms with Crippen LogP contribution in [0.4, 0.5) is 4.39 Å². The van der Waals surface area contributed by atoms with E-state index >= 15 is 0 Å². The Kier molecular flexibility index (Phi) is 4.38. The zero-order valence-corrected chi connectivity index (χ0v) is 16.0. The van der Waals surface area contributed by atoms with Gasteiger partial charge in [-0.3, -0.25) is 0 Å². The second-order valence-corrected chi connectivity index (χ2v) is 7.68. The third-order valence-electron chi connectivity index (χ3n) is 4.04. The number of hydrogen-bond donors (Lipinski definition) is 0. The molecule has 0 saturated heterocycles. The molecule has 5 rings (SSSR count). The largest absolute Gasteiger partial charge is 0.462 e. The van der Waals surface area contributed by atoms with Gasteiger partial charge in [0.05, 0.1) is 29.2 Å². The average Bonchev–Trinajstić information content (AvgIpc) is 3.46. The van der Waals surface area contributed by atoms with E-state index in [1.165, 1.54) is 18.5 Å². The van der Waals surface area contributed by atoms with E-state index in [4.69, 9.17) is 4.42 Å². The minimum absolute atomic E-state index is 0.289. The molecular formula is C19H12FN5OS2. The van der Waals surface area contributed by atoms with Gasteiger partial charge in [-0.2, -0.15) is 5.10 Å². The van der Waals surface area contributed by atoms with Crippen molar-refractivity contribution in [3.05, 3.63) is 72.1 Å². The fraction of sp³-hybridized carbons (Fsp3) is 0.0526. The number of furan rings is 1. The zero-order valence-electron chi connectivity index (χ0n) is 14.3. The Morgan fingerprint density at radius 3 is 2.86 bits per heavy atom. The van der Waals surface area contributed by atoms with Crippen LogP contribution in [0.2, 0.25) is 0 Å². The molecule has 1 aromatic carbocycles. The molecule has 138 valence electrons. The van der Waals surface area contributed by atoms with Gasteiger partial charge in [-0.05, 0) is 36.4 Å². The second kappa shape index (κ2) is 7.17. The Hall–Kier alpha value is -3.04. The Morgan fingerprint density at radius 1 is 1.14 bits per heavy atom. The molecule has 4 heterocycles. The molecule has 5 aromatic rings. The van der Waals surface area contributed by atoms with Crippen LogP contribution in [-0.2, 0) is 5.75 Å². The van der Waals surface area contributed by atoms with Crippen LogP contribution in [0.15, 0.2) is 70.0 Å². The first-order valence-corrected chi connectivity index (χ1v) is 10.2. The highest BCUT2D eigenvalue weighted by molar-refractivity contribution is 7.98. The van der Waals surface area contributed by atoms with E-state index in [-0.39, 0.29) is 5.82 Å². The first-order valence-electron chi connectivity index (χ1n) is 8.34. The van der Waals surface area contributed by atoms with Crippen LogP contribution in [0.5, 0.6) is 0 Å². The molecule has 6 nitrogen and oxygen atoms in total. The predicted molar refractivity (Wildman–Crippen MR) is 106 cm³/mol. The molecule has 0 aliphatic rings. The summed E-state index contributed by atoms with van der Waals surface area (Å²) in [6, 6.07) is 9.89. The zero-order chi connectivity index (χ0) is 18.9. The summed E-state index contributed by atoms with van der Waals surface area (Å²) in [4.78, 5) is 13.4. The molecule has 0 spiro atoms. The average molecular weight is 409 g/mol. The normalized spacial score (nSPS) is 11.3. The molecule has 0 atom stereocenters. The van der Waals surface area contributed by atoms with Crippen molar-refractivity contribution in [3.63, 3.8) is 0 Å². The molecular weight excluding hydrogens is 397 g/mol. The number of thioether (sulfide) groups is 1. The van der Waals surface area contributed by atoms with Crippen molar-refractivity contribution in [2.24, 2.45) is 0 Å². The second-order valence-electron chi connectivity index (χ2n) is 5.86. The Morgan fingerprint density at radius 2 is 2.04 bits per heavy atom. The molecule has 0 aliphatic heterocycles. The standard InChI is InChI=1S/C19H12FN5OS2/c20-12-3-5-14(6-4-12)25-17-15(8-23-25)18(22-11-21-17)27-9-13-10-28-19(24-13)16-2-1-7-26-16/h1-8,10-11H,9H2. The number of benzene rings is 1. The summed E-state index contributed by atoms with van der Waals surface area (Å²) in [5.74, 6) is 1.15. The third kappa shape index (κ3) is 3.19. The highest BCUT2D eigenvalue weighted by Crippen LogP contribution is 2.30. The van der Waals surface area contributed by atoms with E-state index in [2.05, 4.69) is 20.1 Å². The van der Waals surface area contributed by atoms with Crippen LogP contribution in [0.3, 0.4) is 0 Å². The van der Waals surface area contributed by atoms with E-state index in [9.17, 15) is 4.39 Å². The molecule has 0 radical (unpaired) electrons. The van der Waals surface area contributed by atoms with Crippen LogP contribution in [0, 0.1) is 5.82 Å². The van der Waals surface area contributed by atoms with E-state index in [0.717, 1.165) is 32.6 Å². The molecule has 4 aromatic heterocycles. The van der Waals surface area contributed by atoms with Crippen molar-refractivity contribution in [2.45, 2.75) is 10.8 Å². The third-order valence-corrected chi connectivity index (χ3v) is 5.99. The summed E-state index contributed by atoms with van der Waals surface area (Å²) in [6.07, 6.45) is 4.89. The highest BCUT2D eigenvalue weighted by Gasteiger charge is 2.13. The SMILES string of the molecule is Fc1ccc(-n2ncc3c(SCc4csc(-c5ccco5)n4)ncnc32)cc1. The molecule has 0 bridgehead atoms. The summed E-state index contributed by atoms with van der Waals surface area (Å²) < 4.78 is 20.3. The first-order chi connectivity index (χ1) is 13.8. The smallest absolute Gasteiger partial charge is 0.167 e. The van der Waals surface area contributed by atoms with Crippen LogP contribution >= 0.6 is 23.1 Å². The quantitative estimate of drug-likeness (QED) is 0.302. The van der Waals surface area contributed by atoms with E-state index < -0.39 is 0 Å². The number of nitrogens with zero attached hydrogens (tertiary/aromatic N) is 5. The van der Waals surface area contributed by atoms with Crippen LogP contribution in [-0.4, -0.2) is 24.7 Å². The number of aromatic nitrogens is 5. The number of rotatable bonds is 5. The van der Waals surface area contributed by atoms with Gasteiger partial charge in [-0.15, -0.1) is 11.3 Å². The van der Waals surface area contributed by atoms with Gasteiger partial charge in [-0.1, -0.05) is 11.8 Å². The van der Waals surface area contributed by atoms with Crippen molar-refractivity contribution in [1.82, 2.24) is 24.7 Å². The molecule has 9 heteroatoms. The fourth-order valence-electron chi connectivity index (χ4n) is 2.74. The monoisotopic (exact) mass is 409 g/mol. The van der Waals surface area contributed by atoms with Crippen molar-refractivity contribution >= 4 is 34.1 Å². The molecule has 0 amide bonds. The number of thiazole rings is 1.